The Kier molecular flexibility index (Phi) is 4.47. The highest BCUT2D eigenvalue weighted by atomic mass is 32.1. The first-order chi connectivity index (χ1) is 11.1. The quantitative estimate of drug-likeness (QED) is 0.929. The fourth-order valence-corrected chi connectivity index (χ4v) is 3.46. The van der Waals surface area contributed by atoms with Crippen LogP contribution in [-0.2, 0) is 16.0 Å². The Labute approximate surface area is 137 Å². The van der Waals surface area contributed by atoms with Gasteiger partial charge in [-0.2, -0.15) is 11.3 Å². The monoisotopic (exact) mass is 334 g/mol. The third kappa shape index (κ3) is 3.29. The predicted molar refractivity (Wildman–Crippen MR) is 85.2 cm³/mol. The number of rotatable bonds is 4. The zero-order valence-corrected chi connectivity index (χ0v) is 13.6. The molecule has 0 aliphatic carbocycles. The lowest BCUT2D eigenvalue weighted by Gasteiger charge is -2.32. The summed E-state index contributed by atoms with van der Waals surface area (Å²) in [7, 11) is 0. The van der Waals surface area contributed by atoms with E-state index in [-0.39, 0.29) is 12.3 Å². The number of likely N-dealkylation sites (tertiary alicyclic amines) is 1. The number of nitrogens with zero attached hydrogens (tertiary/aromatic N) is 2. The van der Waals surface area contributed by atoms with Crippen molar-refractivity contribution < 1.29 is 19.1 Å². The van der Waals surface area contributed by atoms with Gasteiger partial charge in [0.05, 0.1) is 12.1 Å². The molecule has 1 N–H and O–H groups in total. The molecular formula is C16H18N2O4S. The number of aliphatic carboxylic acids is 1. The number of aromatic nitrogens is 1. The van der Waals surface area contributed by atoms with Crippen LogP contribution in [0.3, 0.4) is 0 Å². The van der Waals surface area contributed by atoms with E-state index in [1.54, 1.807) is 18.3 Å². The molecule has 1 aliphatic rings. The smallest absolute Gasteiger partial charge is 0.326 e. The molecule has 0 bridgehead atoms. The number of hydrogen-bond donors (Lipinski definition) is 1. The SMILES string of the molecule is Cc1oc(-c2ccsc2)nc1CC(=O)N1CCCCC1C(=O)O. The van der Waals surface area contributed by atoms with Gasteiger partial charge < -0.3 is 14.4 Å². The van der Waals surface area contributed by atoms with Crippen molar-refractivity contribution in [2.24, 2.45) is 0 Å². The summed E-state index contributed by atoms with van der Waals surface area (Å²) in [6, 6.07) is 1.19. The molecule has 0 radical (unpaired) electrons. The van der Waals surface area contributed by atoms with Crippen molar-refractivity contribution in [1.82, 2.24) is 9.88 Å². The minimum Gasteiger partial charge on any atom is -0.480 e. The van der Waals surface area contributed by atoms with Gasteiger partial charge in [0, 0.05) is 17.5 Å². The Bertz CT molecular complexity index is 708. The molecule has 3 heterocycles. The summed E-state index contributed by atoms with van der Waals surface area (Å²) in [5.74, 6) is -0.0392. The lowest BCUT2D eigenvalue weighted by Crippen LogP contribution is -2.48. The number of piperidine rings is 1. The summed E-state index contributed by atoms with van der Waals surface area (Å²) in [4.78, 5) is 29.7. The maximum atomic E-state index is 12.5. The summed E-state index contributed by atoms with van der Waals surface area (Å²) in [5, 5.41) is 13.1. The third-order valence-corrected chi connectivity index (χ3v) is 4.77. The summed E-state index contributed by atoms with van der Waals surface area (Å²) < 4.78 is 5.63. The van der Waals surface area contributed by atoms with E-state index in [2.05, 4.69) is 4.98 Å². The third-order valence-electron chi connectivity index (χ3n) is 4.09. The van der Waals surface area contributed by atoms with Gasteiger partial charge in [0.15, 0.2) is 0 Å². The maximum Gasteiger partial charge on any atom is 0.326 e. The second-order valence-electron chi connectivity index (χ2n) is 5.65. The fraction of sp³-hybridized carbons (Fsp3) is 0.438. The van der Waals surface area contributed by atoms with Crippen LogP contribution in [0.25, 0.3) is 11.5 Å². The van der Waals surface area contributed by atoms with Crippen molar-refractivity contribution in [1.29, 1.82) is 0 Å². The standard InChI is InChI=1S/C16H18N2O4S/c1-10-12(17-15(22-10)11-5-7-23-9-11)8-14(19)18-6-3-2-4-13(18)16(20)21/h5,7,9,13H,2-4,6,8H2,1H3,(H,20,21). The second kappa shape index (κ2) is 6.54. The molecule has 1 saturated heterocycles. The topological polar surface area (TPSA) is 83.6 Å². The van der Waals surface area contributed by atoms with E-state index in [1.807, 2.05) is 16.8 Å². The van der Waals surface area contributed by atoms with Gasteiger partial charge in [0.1, 0.15) is 11.8 Å². The molecule has 0 saturated carbocycles. The van der Waals surface area contributed by atoms with Crippen LogP contribution in [0.5, 0.6) is 0 Å². The number of carbonyl (C=O) groups is 2. The van der Waals surface area contributed by atoms with Crippen LogP contribution in [0.15, 0.2) is 21.2 Å². The van der Waals surface area contributed by atoms with E-state index in [0.717, 1.165) is 18.4 Å². The summed E-state index contributed by atoms with van der Waals surface area (Å²) in [5.41, 5.74) is 1.46. The van der Waals surface area contributed by atoms with Gasteiger partial charge in [0.25, 0.3) is 0 Å². The van der Waals surface area contributed by atoms with Crippen LogP contribution in [-0.4, -0.2) is 39.5 Å². The van der Waals surface area contributed by atoms with E-state index >= 15 is 0 Å². The Morgan fingerprint density at radius 3 is 3.00 bits per heavy atom. The number of amides is 1. The van der Waals surface area contributed by atoms with Crippen LogP contribution in [0, 0.1) is 6.92 Å². The van der Waals surface area contributed by atoms with Gasteiger partial charge in [-0.3, -0.25) is 4.79 Å². The highest BCUT2D eigenvalue weighted by Crippen LogP contribution is 2.25. The minimum absolute atomic E-state index is 0.0727. The first-order valence-corrected chi connectivity index (χ1v) is 8.51. The van der Waals surface area contributed by atoms with Crippen molar-refractivity contribution in [3.8, 4) is 11.5 Å². The highest BCUT2D eigenvalue weighted by molar-refractivity contribution is 7.08. The van der Waals surface area contributed by atoms with Crippen LogP contribution in [0.4, 0.5) is 0 Å². The molecule has 2 aromatic rings. The van der Waals surface area contributed by atoms with Crippen molar-refractivity contribution >= 4 is 23.2 Å². The summed E-state index contributed by atoms with van der Waals surface area (Å²) in [6.45, 7) is 2.26. The van der Waals surface area contributed by atoms with Crippen molar-refractivity contribution in [2.75, 3.05) is 6.54 Å². The minimum atomic E-state index is -0.936. The Morgan fingerprint density at radius 2 is 2.30 bits per heavy atom. The van der Waals surface area contributed by atoms with Crippen LogP contribution in [0.2, 0.25) is 0 Å². The number of carboxylic acids is 1. The van der Waals surface area contributed by atoms with Crippen LogP contribution >= 0.6 is 11.3 Å². The summed E-state index contributed by atoms with van der Waals surface area (Å²) in [6.07, 6.45) is 2.27. The first kappa shape index (κ1) is 15.7. The molecule has 23 heavy (non-hydrogen) atoms. The average Bonchev–Trinajstić information content (AvgIpc) is 3.17. The summed E-state index contributed by atoms with van der Waals surface area (Å²) >= 11 is 1.55. The Morgan fingerprint density at radius 1 is 1.48 bits per heavy atom. The molecular weight excluding hydrogens is 316 g/mol. The number of carboxylic acid groups (broad SMARTS) is 1. The highest BCUT2D eigenvalue weighted by Gasteiger charge is 2.32. The zero-order valence-electron chi connectivity index (χ0n) is 12.8. The van der Waals surface area contributed by atoms with E-state index in [0.29, 0.717) is 30.3 Å². The van der Waals surface area contributed by atoms with Crippen molar-refractivity contribution in [2.45, 2.75) is 38.6 Å². The molecule has 7 heteroatoms. The van der Waals surface area contributed by atoms with Crippen molar-refractivity contribution in [3.05, 3.63) is 28.3 Å². The molecule has 1 fully saturated rings. The molecule has 1 atom stereocenters. The van der Waals surface area contributed by atoms with Gasteiger partial charge in [-0.05, 0) is 37.6 Å². The van der Waals surface area contributed by atoms with Gasteiger partial charge in [-0.25, -0.2) is 9.78 Å². The first-order valence-electron chi connectivity index (χ1n) is 7.57. The predicted octanol–water partition coefficient (Wildman–Crippen LogP) is 2.72. The fourth-order valence-electron chi connectivity index (χ4n) is 2.83. The number of thiophene rings is 1. The Balaban J connectivity index is 1.76. The molecule has 122 valence electrons. The molecule has 3 rings (SSSR count). The molecule has 6 nitrogen and oxygen atoms in total. The van der Waals surface area contributed by atoms with Gasteiger partial charge in [0.2, 0.25) is 11.8 Å². The lowest BCUT2D eigenvalue weighted by atomic mass is 10.0. The normalized spacial score (nSPS) is 18.1. The van der Waals surface area contributed by atoms with E-state index in [9.17, 15) is 14.7 Å². The molecule has 0 aromatic carbocycles. The number of oxazole rings is 1. The van der Waals surface area contributed by atoms with Crippen molar-refractivity contribution in [3.63, 3.8) is 0 Å². The number of hydrogen-bond acceptors (Lipinski definition) is 5. The second-order valence-corrected chi connectivity index (χ2v) is 6.43. The van der Waals surface area contributed by atoms with E-state index in [4.69, 9.17) is 4.42 Å². The maximum absolute atomic E-state index is 12.5. The number of carbonyl (C=O) groups excluding carboxylic acids is 1. The molecule has 0 spiro atoms. The zero-order chi connectivity index (χ0) is 16.4. The average molecular weight is 334 g/mol. The van der Waals surface area contributed by atoms with E-state index < -0.39 is 12.0 Å². The molecule has 1 unspecified atom stereocenters. The lowest BCUT2D eigenvalue weighted by molar-refractivity contribution is -0.151. The van der Waals surface area contributed by atoms with Crippen LogP contribution in [0.1, 0.15) is 30.7 Å². The van der Waals surface area contributed by atoms with Gasteiger partial charge >= 0.3 is 5.97 Å². The molecule has 1 amide bonds. The van der Waals surface area contributed by atoms with E-state index in [1.165, 1.54) is 4.90 Å². The molecule has 1 aliphatic heterocycles. The largest absolute Gasteiger partial charge is 0.480 e. The number of aryl methyl sites for hydroxylation is 1. The molecule has 2 aromatic heterocycles. The van der Waals surface area contributed by atoms with Gasteiger partial charge in [-0.15, -0.1) is 0 Å². The van der Waals surface area contributed by atoms with Crippen LogP contribution < -0.4 is 0 Å². The van der Waals surface area contributed by atoms with Gasteiger partial charge in [-0.1, -0.05) is 0 Å². The Hall–Kier alpha value is -2.15.